The Kier molecular flexibility index (Phi) is 4.58. The van der Waals surface area contributed by atoms with Crippen LogP contribution in [0.3, 0.4) is 0 Å². The molecular formula is C10H13BrN2O2. The van der Waals surface area contributed by atoms with E-state index in [4.69, 9.17) is 10.5 Å². The van der Waals surface area contributed by atoms with Crippen molar-refractivity contribution >= 4 is 21.8 Å². The van der Waals surface area contributed by atoms with Gasteiger partial charge in [-0.25, -0.2) is 0 Å². The molecule has 0 aromatic heterocycles. The van der Waals surface area contributed by atoms with E-state index in [-0.39, 0.29) is 12.5 Å². The molecule has 0 spiro atoms. The minimum atomic E-state index is -0.166. The van der Waals surface area contributed by atoms with E-state index in [2.05, 4.69) is 21.2 Å². The van der Waals surface area contributed by atoms with E-state index < -0.39 is 0 Å². The van der Waals surface area contributed by atoms with Crippen LogP contribution in [-0.4, -0.2) is 19.6 Å². The molecule has 3 N–H and O–H groups in total. The highest BCUT2D eigenvalue weighted by Crippen LogP contribution is 2.22. The second-order valence-corrected chi connectivity index (χ2v) is 3.83. The minimum Gasteiger partial charge on any atom is -0.483 e. The lowest BCUT2D eigenvalue weighted by Crippen LogP contribution is -2.25. The molecule has 0 saturated carbocycles. The number of amides is 1. The number of carbonyl (C=O) groups is 1. The Hall–Kier alpha value is -1.07. The molecule has 0 saturated heterocycles. The van der Waals surface area contributed by atoms with Gasteiger partial charge >= 0.3 is 0 Å². The van der Waals surface area contributed by atoms with Crippen LogP contribution in [0.5, 0.6) is 5.75 Å². The number of hydrogen-bond acceptors (Lipinski definition) is 3. The average molecular weight is 273 g/mol. The van der Waals surface area contributed by atoms with Crippen molar-refractivity contribution in [3.05, 3.63) is 28.2 Å². The summed E-state index contributed by atoms with van der Waals surface area (Å²) in [6.07, 6.45) is 0. The lowest BCUT2D eigenvalue weighted by molar-refractivity contribution is -0.122. The minimum absolute atomic E-state index is 0.00509. The summed E-state index contributed by atoms with van der Waals surface area (Å²) >= 11 is 3.34. The van der Waals surface area contributed by atoms with Crippen LogP contribution in [0.25, 0.3) is 0 Å². The van der Waals surface area contributed by atoms with Gasteiger partial charge in [0.25, 0.3) is 5.91 Å². The zero-order chi connectivity index (χ0) is 11.3. The van der Waals surface area contributed by atoms with E-state index in [1.807, 2.05) is 12.1 Å². The fourth-order valence-electron chi connectivity index (χ4n) is 1.06. The molecule has 5 heteroatoms. The summed E-state index contributed by atoms with van der Waals surface area (Å²) in [5.74, 6) is 0.477. The van der Waals surface area contributed by atoms with Crippen molar-refractivity contribution in [1.29, 1.82) is 0 Å². The smallest absolute Gasteiger partial charge is 0.257 e. The van der Waals surface area contributed by atoms with E-state index >= 15 is 0 Å². The largest absolute Gasteiger partial charge is 0.483 e. The van der Waals surface area contributed by atoms with Crippen LogP contribution in [0.1, 0.15) is 5.56 Å². The first-order valence-corrected chi connectivity index (χ1v) is 5.28. The van der Waals surface area contributed by atoms with Gasteiger partial charge in [-0.1, -0.05) is 15.9 Å². The van der Waals surface area contributed by atoms with Crippen LogP contribution in [0.15, 0.2) is 22.7 Å². The third kappa shape index (κ3) is 3.53. The Balaban J connectivity index is 2.72. The Bertz CT molecular complexity index is 355. The lowest BCUT2D eigenvalue weighted by Gasteiger charge is -2.09. The van der Waals surface area contributed by atoms with Crippen molar-refractivity contribution < 1.29 is 9.53 Å². The molecule has 1 aromatic carbocycles. The summed E-state index contributed by atoms with van der Waals surface area (Å²) in [6, 6.07) is 5.51. The van der Waals surface area contributed by atoms with E-state index in [9.17, 15) is 4.79 Å². The highest BCUT2D eigenvalue weighted by Gasteiger charge is 2.05. The molecule has 0 bridgehead atoms. The van der Waals surface area contributed by atoms with Crippen molar-refractivity contribution in [2.75, 3.05) is 13.7 Å². The summed E-state index contributed by atoms with van der Waals surface area (Å²) in [5, 5.41) is 2.48. The first kappa shape index (κ1) is 12.0. The Labute approximate surface area is 96.9 Å². The fourth-order valence-corrected chi connectivity index (χ4v) is 1.47. The summed E-state index contributed by atoms with van der Waals surface area (Å²) < 4.78 is 6.26. The normalized spacial score (nSPS) is 9.80. The Morgan fingerprint density at radius 3 is 2.93 bits per heavy atom. The average Bonchev–Trinajstić information content (AvgIpc) is 2.26. The predicted octanol–water partition coefficient (Wildman–Crippen LogP) is 1.03. The van der Waals surface area contributed by atoms with Gasteiger partial charge in [-0.05, 0) is 18.2 Å². The summed E-state index contributed by atoms with van der Waals surface area (Å²) in [5.41, 5.74) is 6.43. The monoisotopic (exact) mass is 272 g/mol. The van der Waals surface area contributed by atoms with E-state index in [0.29, 0.717) is 12.3 Å². The third-order valence-corrected chi connectivity index (χ3v) is 2.37. The van der Waals surface area contributed by atoms with E-state index in [0.717, 1.165) is 10.0 Å². The molecule has 1 aromatic rings. The number of ether oxygens (including phenoxy) is 1. The highest BCUT2D eigenvalue weighted by atomic mass is 79.9. The molecule has 0 heterocycles. The molecule has 0 aliphatic heterocycles. The van der Waals surface area contributed by atoms with Crippen LogP contribution in [-0.2, 0) is 11.3 Å². The number of benzene rings is 1. The molecule has 0 aliphatic rings. The molecule has 4 nitrogen and oxygen atoms in total. The molecule has 0 radical (unpaired) electrons. The topological polar surface area (TPSA) is 64.3 Å². The number of rotatable bonds is 4. The number of halogens is 1. The SMILES string of the molecule is CNC(=O)COc1ccc(Br)cc1CN. The highest BCUT2D eigenvalue weighted by molar-refractivity contribution is 9.10. The Morgan fingerprint density at radius 2 is 2.33 bits per heavy atom. The van der Waals surface area contributed by atoms with Gasteiger partial charge in [-0.3, -0.25) is 4.79 Å². The molecule has 15 heavy (non-hydrogen) atoms. The molecule has 1 rings (SSSR count). The van der Waals surface area contributed by atoms with Gasteiger partial charge in [0.1, 0.15) is 5.75 Å². The van der Waals surface area contributed by atoms with Gasteiger partial charge < -0.3 is 15.8 Å². The van der Waals surface area contributed by atoms with E-state index in [1.165, 1.54) is 0 Å². The summed E-state index contributed by atoms with van der Waals surface area (Å²) in [7, 11) is 1.57. The number of nitrogens with one attached hydrogen (secondary N) is 1. The van der Waals surface area contributed by atoms with Gasteiger partial charge in [0.15, 0.2) is 6.61 Å². The molecule has 82 valence electrons. The fraction of sp³-hybridized carbons (Fsp3) is 0.300. The van der Waals surface area contributed by atoms with Gasteiger partial charge in [-0.2, -0.15) is 0 Å². The molecule has 0 aliphatic carbocycles. The van der Waals surface area contributed by atoms with Crippen molar-refractivity contribution in [3.63, 3.8) is 0 Å². The second kappa shape index (κ2) is 5.72. The maximum atomic E-state index is 11.0. The van der Waals surface area contributed by atoms with Crippen LogP contribution < -0.4 is 15.8 Å². The lowest BCUT2D eigenvalue weighted by atomic mass is 10.2. The van der Waals surface area contributed by atoms with Crippen molar-refractivity contribution in [2.24, 2.45) is 5.73 Å². The first-order chi connectivity index (χ1) is 7.17. The number of hydrogen-bond donors (Lipinski definition) is 2. The quantitative estimate of drug-likeness (QED) is 0.861. The van der Waals surface area contributed by atoms with Crippen LogP contribution >= 0.6 is 15.9 Å². The number of carbonyl (C=O) groups excluding carboxylic acids is 1. The molecule has 0 unspecified atom stereocenters. The van der Waals surface area contributed by atoms with Crippen LogP contribution in [0.4, 0.5) is 0 Å². The zero-order valence-electron chi connectivity index (χ0n) is 8.42. The van der Waals surface area contributed by atoms with Crippen molar-refractivity contribution in [3.8, 4) is 5.75 Å². The predicted molar refractivity (Wildman–Crippen MR) is 61.6 cm³/mol. The molecule has 0 atom stereocenters. The Morgan fingerprint density at radius 1 is 1.60 bits per heavy atom. The second-order valence-electron chi connectivity index (χ2n) is 2.92. The van der Waals surface area contributed by atoms with Crippen LogP contribution in [0.2, 0.25) is 0 Å². The maximum absolute atomic E-state index is 11.0. The number of likely N-dealkylation sites (N-methyl/N-ethyl adjacent to an activating group) is 1. The molecule has 1 amide bonds. The van der Waals surface area contributed by atoms with Crippen molar-refractivity contribution in [1.82, 2.24) is 5.32 Å². The summed E-state index contributed by atoms with van der Waals surface area (Å²) in [4.78, 5) is 11.0. The third-order valence-electron chi connectivity index (χ3n) is 1.88. The standard InChI is InChI=1S/C10H13BrN2O2/c1-13-10(14)6-15-9-3-2-8(11)4-7(9)5-12/h2-4H,5-6,12H2,1H3,(H,13,14). The van der Waals surface area contributed by atoms with Gasteiger partial charge in [-0.15, -0.1) is 0 Å². The van der Waals surface area contributed by atoms with E-state index in [1.54, 1.807) is 13.1 Å². The summed E-state index contributed by atoms with van der Waals surface area (Å²) in [6.45, 7) is 0.383. The van der Waals surface area contributed by atoms with Gasteiger partial charge in [0, 0.05) is 23.6 Å². The van der Waals surface area contributed by atoms with Gasteiger partial charge in [0.05, 0.1) is 0 Å². The molecule has 0 fully saturated rings. The maximum Gasteiger partial charge on any atom is 0.257 e. The van der Waals surface area contributed by atoms with Crippen molar-refractivity contribution in [2.45, 2.75) is 6.54 Å². The van der Waals surface area contributed by atoms with Gasteiger partial charge in [0.2, 0.25) is 0 Å². The van der Waals surface area contributed by atoms with Crippen LogP contribution in [0, 0.1) is 0 Å². The zero-order valence-corrected chi connectivity index (χ0v) is 10.0. The first-order valence-electron chi connectivity index (χ1n) is 4.49. The number of nitrogens with two attached hydrogens (primary N) is 1. The molecular weight excluding hydrogens is 260 g/mol.